The fourth-order valence-electron chi connectivity index (χ4n) is 2.99. The SMILES string of the molecule is C[C@@H]1CN(c2ccc(F)c3cc(F)ccc23)CCN1C(=O)[O-]. The monoisotopic (exact) mass is 305 g/mol. The summed E-state index contributed by atoms with van der Waals surface area (Å²) in [6, 6.07) is 6.77. The van der Waals surface area contributed by atoms with Crippen LogP contribution in [0.15, 0.2) is 30.3 Å². The van der Waals surface area contributed by atoms with Crippen LogP contribution in [0.5, 0.6) is 0 Å². The number of carbonyl (C=O) groups is 1. The number of carbonyl (C=O) groups excluding carboxylic acids is 1. The molecule has 0 radical (unpaired) electrons. The number of benzene rings is 2. The van der Waals surface area contributed by atoms with Crippen LogP contribution in [0.2, 0.25) is 0 Å². The van der Waals surface area contributed by atoms with E-state index in [2.05, 4.69) is 0 Å². The Labute approximate surface area is 126 Å². The number of nitrogens with zero attached hydrogens (tertiary/aromatic N) is 2. The average molecular weight is 305 g/mol. The molecular weight excluding hydrogens is 290 g/mol. The van der Waals surface area contributed by atoms with Crippen molar-refractivity contribution in [1.29, 1.82) is 0 Å². The quantitative estimate of drug-likeness (QED) is 0.809. The Bertz CT molecular complexity index is 735. The predicted molar refractivity (Wildman–Crippen MR) is 77.6 cm³/mol. The number of fused-ring (bicyclic) bond motifs is 1. The topological polar surface area (TPSA) is 46.6 Å². The van der Waals surface area contributed by atoms with E-state index in [1.807, 2.05) is 4.90 Å². The van der Waals surface area contributed by atoms with E-state index in [1.165, 1.54) is 23.1 Å². The summed E-state index contributed by atoms with van der Waals surface area (Å²) in [6.45, 7) is 3.08. The number of carboxylic acid groups (broad SMARTS) is 1. The van der Waals surface area contributed by atoms with Crippen LogP contribution >= 0.6 is 0 Å². The van der Waals surface area contributed by atoms with Crippen LogP contribution in [-0.4, -0.2) is 36.7 Å². The van der Waals surface area contributed by atoms with E-state index >= 15 is 0 Å². The average Bonchev–Trinajstić information content (AvgIpc) is 2.47. The van der Waals surface area contributed by atoms with Crippen molar-refractivity contribution in [3.8, 4) is 0 Å². The lowest BCUT2D eigenvalue weighted by Gasteiger charge is -2.42. The van der Waals surface area contributed by atoms with E-state index in [0.29, 0.717) is 25.0 Å². The minimum Gasteiger partial charge on any atom is -0.530 e. The van der Waals surface area contributed by atoms with Gasteiger partial charge in [-0.2, -0.15) is 0 Å². The molecule has 0 spiro atoms. The fourth-order valence-corrected chi connectivity index (χ4v) is 2.99. The Morgan fingerprint density at radius 1 is 1.18 bits per heavy atom. The molecule has 0 aliphatic carbocycles. The van der Waals surface area contributed by atoms with Crippen LogP contribution in [0.25, 0.3) is 10.8 Å². The van der Waals surface area contributed by atoms with Gasteiger partial charge < -0.3 is 19.7 Å². The minimum atomic E-state index is -1.18. The lowest BCUT2D eigenvalue weighted by molar-refractivity contribution is -0.268. The van der Waals surface area contributed by atoms with Crippen LogP contribution in [0, 0.1) is 11.6 Å². The molecule has 0 bridgehead atoms. The second kappa shape index (κ2) is 5.44. The van der Waals surface area contributed by atoms with E-state index in [4.69, 9.17) is 0 Å². The van der Waals surface area contributed by atoms with Crippen molar-refractivity contribution in [3.63, 3.8) is 0 Å². The highest BCUT2D eigenvalue weighted by Gasteiger charge is 2.25. The predicted octanol–water partition coefficient (Wildman–Crippen LogP) is 1.97. The summed E-state index contributed by atoms with van der Waals surface area (Å²) in [5.41, 5.74) is 0.779. The fraction of sp³-hybridized carbons (Fsp3) is 0.312. The molecule has 0 saturated carbocycles. The largest absolute Gasteiger partial charge is 0.530 e. The molecule has 2 aromatic rings. The van der Waals surface area contributed by atoms with Gasteiger partial charge in [0.15, 0.2) is 0 Å². The van der Waals surface area contributed by atoms with Crippen LogP contribution in [0.3, 0.4) is 0 Å². The second-order valence-corrected chi connectivity index (χ2v) is 5.51. The van der Waals surface area contributed by atoms with E-state index in [0.717, 1.165) is 5.69 Å². The number of anilines is 1. The molecular formula is C16H15F2N2O2-. The maximum Gasteiger partial charge on any atom is 0.137 e. The molecule has 0 aromatic heterocycles. The van der Waals surface area contributed by atoms with Crippen molar-refractivity contribution in [2.45, 2.75) is 13.0 Å². The smallest absolute Gasteiger partial charge is 0.137 e. The lowest BCUT2D eigenvalue weighted by Crippen LogP contribution is -2.57. The Balaban J connectivity index is 1.98. The molecule has 1 atom stereocenters. The van der Waals surface area contributed by atoms with Crippen molar-refractivity contribution < 1.29 is 18.7 Å². The van der Waals surface area contributed by atoms with E-state index < -0.39 is 17.7 Å². The van der Waals surface area contributed by atoms with Gasteiger partial charge in [-0.3, -0.25) is 0 Å². The first-order valence-corrected chi connectivity index (χ1v) is 7.07. The van der Waals surface area contributed by atoms with Crippen LogP contribution in [0.4, 0.5) is 19.3 Å². The van der Waals surface area contributed by atoms with Gasteiger partial charge in [0.2, 0.25) is 0 Å². The number of piperazine rings is 1. The standard InChI is InChI=1S/C16H16F2N2O2/c1-10-9-19(6-7-20(10)16(21)22)15-5-4-14(18)13-8-11(17)2-3-12(13)15/h2-5,8,10H,6-7,9H2,1H3,(H,21,22)/p-1/t10-/m1/s1. The summed E-state index contributed by atoms with van der Waals surface area (Å²) < 4.78 is 27.2. The summed E-state index contributed by atoms with van der Waals surface area (Å²) in [5.74, 6) is -0.960. The first-order valence-electron chi connectivity index (χ1n) is 7.07. The number of rotatable bonds is 1. The second-order valence-electron chi connectivity index (χ2n) is 5.51. The van der Waals surface area contributed by atoms with Gasteiger partial charge >= 0.3 is 0 Å². The highest BCUT2D eigenvalue weighted by atomic mass is 19.1. The molecule has 1 saturated heterocycles. The molecule has 0 N–H and O–H groups in total. The molecule has 1 amide bonds. The van der Waals surface area contributed by atoms with E-state index in [9.17, 15) is 18.7 Å². The third-order valence-corrected chi connectivity index (χ3v) is 4.11. The molecule has 6 heteroatoms. The molecule has 2 aromatic carbocycles. The third kappa shape index (κ3) is 2.45. The van der Waals surface area contributed by atoms with Gasteiger partial charge in [0, 0.05) is 42.1 Å². The Kier molecular flexibility index (Phi) is 3.60. The van der Waals surface area contributed by atoms with Gasteiger partial charge in [-0.1, -0.05) is 0 Å². The van der Waals surface area contributed by atoms with Crippen LogP contribution < -0.4 is 10.0 Å². The van der Waals surface area contributed by atoms with Crippen molar-refractivity contribution in [3.05, 3.63) is 42.0 Å². The Morgan fingerprint density at radius 3 is 2.64 bits per heavy atom. The number of hydrogen-bond acceptors (Lipinski definition) is 3. The maximum atomic E-state index is 13.9. The minimum absolute atomic E-state index is 0.223. The van der Waals surface area contributed by atoms with Crippen molar-refractivity contribution in [2.75, 3.05) is 24.5 Å². The number of halogens is 2. The molecule has 4 nitrogen and oxygen atoms in total. The zero-order valence-electron chi connectivity index (χ0n) is 12.1. The first kappa shape index (κ1) is 14.6. The summed E-state index contributed by atoms with van der Waals surface area (Å²) in [7, 11) is 0. The Hall–Kier alpha value is -2.37. The van der Waals surface area contributed by atoms with E-state index in [1.54, 1.807) is 19.1 Å². The summed E-state index contributed by atoms with van der Waals surface area (Å²) >= 11 is 0. The molecule has 116 valence electrons. The summed E-state index contributed by atoms with van der Waals surface area (Å²) in [5, 5.41) is 11.9. The van der Waals surface area contributed by atoms with Crippen LogP contribution in [0.1, 0.15) is 6.92 Å². The molecule has 1 aliphatic heterocycles. The Morgan fingerprint density at radius 2 is 1.95 bits per heavy atom. The summed E-state index contributed by atoms with van der Waals surface area (Å²) in [6.07, 6.45) is -1.18. The van der Waals surface area contributed by atoms with Gasteiger partial charge in [-0.15, -0.1) is 0 Å². The number of amides is 1. The third-order valence-electron chi connectivity index (χ3n) is 4.11. The highest BCUT2D eigenvalue weighted by molar-refractivity contribution is 5.95. The van der Waals surface area contributed by atoms with Crippen molar-refractivity contribution >= 4 is 22.6 Å². The van der Waals surface area contributed by atoms with Crippen molar-refractivity contribution in [1.82, 2.24) is 4.90 Å². The van der Waals surface area contributed by atoms with Gasteiger partial charge in [-0.25, -0.2) is 8.78 Å². The van der Waals surface area contributed by atoms with Gasteiger partial charge in [0.05, 0.1) is 0 Å². The van der Waals surface area contributed by atoms with E-state index in [-0.39, 0.29) is 11.4 Å². The van der Waals surface area contributed by atoms with Gasteiger partial charge in [-0.05, 0) is 37.3 Å². The lowest BCUT2D eigenvalue weighted by atomic mass is 10.1. The molecule has 0 unspecified atom stereocenters. The highest BCUT2D eigenvalue weighted by Crippen LogP contribution is 2.31. The van der Waals surface area contributed by atoms with Gasteiger partial charge in [0.1, 0.15) is 17.7 Å². The maximum absolute atomic E-state index is 13.9. The molecule has 1 fully saturated rings. The zero-order valence-corrected chi connectivity index (χ0v) is 12.1. The molecule has 1 heterocycles. The molecule has 22 heavy (non-hydrogen) atoms. The van der Waals surface area contributed by atoms with Crippen LogP contribution in [-0.2, 0) is 0 Å². The molecule has 3 rings (SSSR count). The summed E-state index contributed by atoms with van der Waals surface area (Å²) in [4.78, 5) is 14.3. The van der Waals surface area contributed by atoms with Gasteiger partial charge in [0.25, 0.3) is 0 Å². The first-order chi connectivity index (χ1) is 10.5. The normalized spacial score (nSPS) is 18.8. The zero-order chi connectivity index (χ0) is 15.9. The number of hydrogen-bond donors (Lipinski definition) is 0. The van der Waals surface area contributed by atoms with Crippen molar-refractivity contribution in [2.24, 2.45) is 0 Å². The molecule has 1 aliphatic rings.